The van der Waals surface area contributed by atoms with Gasteiger partial charge in [0, 0.05) is 31.4 Å². The van der Waals surface area contributed by atoms with Gasteiger partial charge in [-0.2, -0.15) is 0 Å². The Morgan fingerprint density at radius 2 is 2.16 bits per heavy atom. The van der Waals surface area contributed by atoms with Crippen molar-refractivity contribution in [2.45, 2.75) is 32.2 Å². The van der Waals surface area contributed by atoms with Crippen LogP contribution in [0.2, 0.25) is 0 Å². The van der Waals surface area contributed by atoms with E-state index in [0.29, 0.717) is 0 Å². The lowest BCUT2D eigenvalue weighted by Crippen LogP contribution is -2.50. The number of hydrogen-bond acceptors (Lipinski definition) is 3. The lowest BCUT2D eigenvalue weighted by atomic mass is 10.0. The van der Waals surface area contributed by atoms with E-state index in [2.05, 4.69) is 34.9 Å². The fourth-order valence-corrected chi connectivity index (χ4v) is 3.59. The van der Waals surface area contributed by atoms with Crippen LogP contribution >= 0.6 is 0 Å². The van der Waals surface area contributed by atoms with Crippen molar-refractivity contribution in [1.29, 1.82) is 0 Å². The third kappa shape index (κ3) is 2.63. The molecule has 19 heavy (non-hydrogen) atoms. The molecule has 2 saturated heterocycles. The van der Waals surface area contributed by atoms with E-state index in [1.54, 1.807) is 0 Å². The summed E-state index contributed by atoms with van der Waals surface area (Å²) in [7, 11) is 0. The number of fused-ring (bicyclic) bond motifs is 1. The van der Waals surface area contributed by atoms with Gasteiger partial charge in [0.15, 0.2) is 0 Å². The first kappa shape index (κ1) is 12.9. The van der Waals surface area contributed by atoms with Gasteiger partial charge in [-0.15, -0.1) is 0 Å². The van der Waals surface area contributed by atoms with Crippen LogP contribution in [0.25, 0.3) is 0 Å². The number of piperazine rings is 1. The molecule has 2 heterocycles. The van der Waals surface area contributed by atoms with Crippen molar-refractivity contribution in [2.24, 2.45) is 5.73 Å². The summed E-state index contributed by atoms with van der Waals surface area (Å²) < 4.78 is 0. The molecule has 0 radical (unpaired) electrons. The number of benzene rings is 1. The highest BCUT2D eigenvalue weighted by Crippen LogP contribution is 2.28. The fraction of sp³-hybridized carbons (Fsp3) is 0.625. The zero-order chi connectivity index (χ0) is 13.2. The predicted octanol–water partition coefficient (Wildman–Crippen LogP) is 1.78. The Balaban J connectivity index is 1.81. The van der Waals surface area contributed by atoms with Gasteiger partial charge >= 0.3 is 0 Å². The number of nitrogens with two attached hydrogens (primary N) is 1. The number of aryl methyl sites for hydroxylation is 1. The van der Waals surface area contributed by atoms with Crippen molar-refractivity contribution in [1.82, 2.24) is 4.90 Å². The van der Waals surface area contributed by atoms with Crippen molar-refractivity contribution >= 4 is 5.69 Å². The molecule has 3 nitrogen and oxygen atoms in total. The SMILES string of the molecule is Cc1ccc(N2CCN3CCCC3C2)c(CCN)c1. The average Bonchev–Trinajstić information content (AvgIpc) is 2.86. The molecule has 0 aliphatic carbocycles. The van der Waals surface area contributed by atoms with Gasteiger partial charge < -0.3 is 10.6 Å². The zero-order valence-electron chi connectivity index (χ0n) is 11.9. The van der Waals surface area contributed by atoms with Crippen LogP contribution in [0.15, 0.2) is 18.2 Å². The van der Waals surface area contributed by atoms with Crippen LogP contribution in [-0.2, 0) is 6.42 Å². The Morgan fingerprint density at radius 3 is 3.00 bits per heavy atom. The van der Waals surface area contributed by atoms with Crippen molar-refractivity contribution in [3.05, 3.63) is 29.3 Å². The lowest BCUT2D eigenvalue weighted by molar-refractivity contribution is 0.231. The third-order valence-corrected chi connectivity index (χ3v) is 4.58. The standard InChI is InChI=1S/C16H25N3/c1-13-4-5-16(14(11-13)6-7-17)19-10-9-18-8-2-3-15(18)12-19/h4-5,11,15H,2-3,6-10,12,17H2,1H3. The Morgan fingerprint density at radius 1 is 1.26 bits per heavy atom. The molecular weight excluding hydrogens is 234 g/mol. The number of nitrogens with zero attached hydrogens (tertiary/aromatic N) is 2. The molecule has 0 aromatic heterocycles. The first-order valence-electron chi connectivity index (χ1n) is 7.56. The van der Waals surface area contributed by atoms with Crippen LogP contribution in [0.5, 0.6) is 0 Å². The largest absolute Gasteiger partial charge is 0.368 e. The van der Waals surface area contributed by atoms with E-state index in [0.717, 1.165) is 25.6 Å². The van der Waals surface area contributed by atoms with Gasteiger partial charge in [0.05, 0.1) is 0 Å². The van der Waals surface area contributed by atoms with E-state index in [9.17, 15) is 0 Å². The number of hydrogen-bond donors (Lipinski definition) is 1. The highest BCUT2D eigenvalue weighted by molar-refractivity contribution is 5.55. The Labute approximate surface area is 116 Å². The van der Waals surface area contributed by atoms with Crippen molar-refractivity contribution < 1.29 is 0 Å². The topological polar surface area (TPSA) is 32.5 Å². The minimum absolute atomic E-state index is 0.736. The average molecular weight is 259 g/mol. The van der Waals surface area contributed by atoms with E-state index in [-0.39, 0.29) is 0 Å². The van der Waals surface area contributed by atoms with E-state index in [4.69, 9.17) is 5.73 Å². The molecule has 2 fully saturated rings. The van der Waals surface area contributed by atoms with Gasteiger partial charge in [-0.25, -0.2) is 0 Å². The van der Waals surface area contributed by atoms with Crippen molar-refractivity contribution in [2.75, 3.05) is 37.6 Å². The summed E-state index contributed by atoms with van der Waals surface area (Å²) in [6, 6.07) is 7.62. The molecule has 2 aliphatic heterocycles. The molecule has 3 rings (SSSR count). The summed E-state index contributed by atoms with van der Waals surface area (Å²) in [4.78, 5) is 5.24. The molecule has 2 aliphatic rings. The maximum atomic E-state index is 5.77. The lowest BCUT2D eigenvalue weighted by Gasteiger charge is -2.39. The second kappa shape index (κ2) is 5.51. The van der Waals surface area contributed by atoms with Gasteiger partial charge in [-0.3, -0.25) is 4.90 Å². The summed E-state index contributed by atoms with van der Waals surface area (Å²) in [5.74, 6) is 0. The monoisotopic (exact) mass is 259 g/mol. The molecule has 0 spiro atoms. The first-order valence-corrected chi connectivity index (χ1v) is 7.56. The molecule has 1 atom stereocenters. The van der Waals surface area contributed by atoms with Crippen LogP contribution in [0.3, 0.4) is 0 Å². The highest BCUT2D eigenvalue weighted by Gasteiger charge is 2.31. The molecule has 0 bridgehead atoms. The number of rotatable bonds is 3. The summed E-state index contributed by atoms with van der Waals surface area (Å²) >= 11 is 0. The normalized spacial score (nSPS) is 23.7. The van der Waals surface area contributed by atoms with E-state index >= 15 is 0 Å². The second-order valence-electron chi connectivity index (χ2n) is 5.95. The van der Waals surface area contributed by atoms with Gasteiger partial charge in [0.25, 0.3) is 0 Å². The summed E-state index contributed by atoms with van der Waals surface area (Å²) in [6.07, 6.45) is 3.73. The molecule has 0 saturated carbocycles. The maximum Gasteiger partial charge on any atom is 0.0400 e. The molecule has 0 amide bonds. The van der Waals surface area contributed by atoms with Gasteiger partial charge in [-0.1, -0.05) is 17.7 Å². The van der Waals surface area contributed by atoms with Crippen LogP contribution in [-0.4, -0.2) is 43.7 Å². The van der Waals surface area contributed by atoms with Gasteiger partial charge in [0.2, 0.25) is 0 Å². The molecule has 104 valence electrons. The number of anilines is 1. The van der Waals surface area contributed by atoms with Crippen molar-refractivity contribution in [3.8, 4) is 0 Å². The second-order valence-corrected chi connectivity index (χ2v) is 5.95. The van der Waals surface area contributed by atoms with Crippen LogP contribution in [0, 0.1) is 6.92 Å². The van der Waals surface area contributed by atoms with E-state index in [1.807, 2.05) is 0 Å². The maximum absolute atomic E-state index is 5.77. The fourth-order valence-electron chi connectivity index (χ4n) is 3.59. The molecule has 1 aromatic rings. The Hall–Kier alpha value is -1.06. The first-order chi connectivity index (χ1) is 9.28. The molecule has 2 N–H and O–H groups in total. The van der Waals surface area contributed by atoms with Gasteiger partial charge in [-0.05, 0) is 50.9 Å². The summed E-state index contributed by atoms with van der Waals surface area (Å²) in [5, 5.41) is 0. The quantitative estimate of drug-likeness (QED) is 0.898. The van der Waals surface area contributed by atoms with E-state index < -0.39 is 0 Å². The minimum Gasteiger partial charge on any atom is -0.368 e. The van der Waals surface area contributed by atoms with Crippen LogP contribution in [0.4, 0.5) is 5.69 Å². The predicted molar refractivity (Wildman–Crippen MR) is 80.7 cm³/mol. The summed E-state index contributed by atoms with van der Waals surface area (Å²) in [6.45, 7) is 7.79. The van der Waals surface area contributed by atoms with Crippen LogP contribution < -0.4 is 10.6 Å². The van der Waals surface area contributed by atoms with Crippen LogP contribution in [0.1, 0.15) is 24.0 Å². The molecule has 1 aromatic carbocycles. The van der Waals surface area contributed by atoms with E-state index in [1.165, 1.54) is 49.3 Å². The Kier molecular flexibility index (Phi) is 3.76. The molecule has 3 heteroatoms. The smallest absolute Gasteiger partial charge is 0.0400 e. The highest BCUT2D eigenvalue weighted by atomic mass is 15.3. The summed E-state index contributed by atoms with van der Waals surface area (Å²) in [5.41, 5.74) is 9.95. The third-order valence-electron chi connectivity index (χ3n) is 4.58. The van der Waals surface area contributed by atoms with Gasteiger partial charge in [0.1, 0.15) is 0 Å². The Bertz CT molecular complexity index is 444. The molecular formula is C16H25N3. The zero-order valence-corrected chi connectivity index (χ0v) is 11.9. The molecule has 1 unspecified atom stereocenters. The van der Waals surface area contributed by atoms with Crippen molar-refractivity contribution in [3.63, 3.8) is 0 Å². The minimum atomic E-state index is 0.736.